The summed E-state index contributed by atoms with van der Waals surface area (Å²) in [5.41, 5.74) is 9.33. The van der Waals surface area contributed by atoms with Crippen molar-refractivity contribution in [1.82, 2.24) is 19.3 Å². The van der Waals surface area contributed by atoms with Crippen LogP contribution in [-0.4, -0.2) is 55.8 Å². The number of amides is 1. The van der Waals surface area contributed by atoms with E-state index in [1.54, 1.807) is 15.5 Å². The number of imidazole rings is 1. The average Bonchev–Trinajstić information content (AvgIpc) is 3.24. The first-order chi connectivity index (χ1) is 17.6. The summed E-state index contributed by atoms with van der Waals surface area (Å²) in [7, 11) is 0. The van der Waals surface area contributed by atoms with E-state index in [0.29, 0.717) is 35.9 Å². The molecule has 0 aromatic carbocycles. The Morgan fingerprint density at radius 3 is 2.68 bits per heavy atom. The number of allylic oxidation sites excluding steroid dienone is 1. The molecule has 1 atom stereocenters. The predicted molar refractivity (Wildman–Crippen MR) is 140 cm³/mol. The molecule has 10 heteroatoms. The fourth-order valence-corrected chi connectivity index (χ4v) is 4.04. The molecule has 192 valence electrons. The molecule has 3 aromatic rings. The SMILES string of the molecule is CC(=NC1CN(C(=O)OC(C)(C)C)C1)/C(=C\N)c1cc(OC(C)c2ccccn2)n2c(C#N)cnc2c1. The van der Waals surface area contributed by atoms with Gasteiger partial charge < -0.3 is 20.1 Å². The van der Waals surface area contributed by atoms with Crippen molar-refractivity contribution < 1.29 is 14.3 Å². The molecule has 1 saturated heterocycles. The number of rotatable bonds is 6. The van der Waals surface area contributed by atoms with Crippen molar-refractivity contribution >= 4 is 23.0 Å². The summed E-state index contributed by atoms with van der Waals surface area (Å²) in [5.74, 6) is 0.437. The maximum atomic E-state index is 12.2. The molecule has 1 amide bonds. The van der Waals surface area contributed by atoms with Crippen molar-refractivity contribution in [3.63, 3.8) is 0 Å². The van der Waals surface area contributed by atoms with Crippen LogP contribution < -0.4 is 10.5 Å². The Morgan fingerprint density at radius 2 is 2.05 bits per heavy atom. The smallest absolute Gasteiger partial charge is 0.410 e. The largest absolute Gasteiger partial charge is 0.469 e. The Kier molecular flexibility index (Phi) is 7.16. The molecule has 1 fully saturated rings. The van der Waals surface area contributed by atoms with Crippen LogP contribution in [0, 0.1) is 11.3 Å². The van der Waals surface area contributed by atoms with Crippen LogP contribution >= 0.6 is 0 Å². The minimum absolute atomic E-state index is 0.0530. The number of nitriles is 1. The number of hydrogen-bond donors (Lipinski definition) is 1. The van der Waals surface area contributed by atoms with Crippen molar-refractivity contribution in [3.05, 3.63) is 65.9 Å². The maximum Gasteiger partial charge on any atom is 0.410 e. The van der Waals surface area contributed by atoms with Crippen molar-refractivity contribution in [2.24, 2.45) is 10.7 Å². The van der Waals surface area contributed by atoms with Gasteiger partial charge in [0.2, 0.25) is 5.88 Å². The number of aromatic nitrogens is 3. The van der Waals surface area contributed by atoms with Crippen molar-refractivity contribution in [2.75, 3.05) is 13.1 Å². The van der Waals surface area contributed by atoms with Crippen LogP contribution in [0.25, 0.3) is 11.2 Å². The molecule has 0 saturated carbocycles. The number of pyridine rings is 2. The maximum absolute atomic E-state index is 12.2. The lowest BCUT2D eigenvalue weighted by Crippen LogP contribution is -2.54. The summed E-state index contributed by atoms with van der Waals surface area (Å²) in [6.45, 7) is 10.2. The van der Waals surface area contributed by atoms with Gasteiger partial charge in [0.05, 0.1) is 17.9 Å². The molecular weight excluding hydrogens is 470 g/mol. The number of carbonyl (C=O) groups is 1. The number of nitrogens with zero attached hydrogens (tertiary/aromatic N) is 6. The molecule has 1 aliphatic rings. The first kappa shape index (κ1) is 25.7. The standard InChI is InChI=1S/C27H31N7O3/c1-17(32-20-15-33(16-20)26(35)37-27(3,4)5)22(13-29)19-10-24-31-14-21(12-28)34(24)25(11-19)36-18(2)23-8-6-7-9-30-23/h6-11,13-14,18,20H,15-16,29H2,1-5H3/b22-13+,32-17?. The van der Waals surface area contributed by atoms with Gasteiger partial charge in [0.25, 0.3) is 0 Å². The van der Waals surface area contributed by atoms with Gasteiger partial charge in [0, 0.05) is 42.8 Å². The highest BCUT2D eigenvalue weighted by Crippen LogP contribution is 2.29. The fraction of sp³-hybridized carbons (Fsp3) is 0.370. The van der Waals surface area contributed by atoms with Gasteiger partial charge in [-0.2, -0.15) is 5.26 Å². The topological polar surface area (TPSA) is 131 Å². The van der Waals surface area contributed by atoms with E-state index in [2.05, 4.69) is 16.0 Å². The molecule has 37 heavy (non-hydrogen) atoms. The first-order valence-electron chi connectivity index (χ1n) is 12.0. The fourth-order valence-electron chi connectivity index (χ4n) is 4.04. The van der Waals surface area contributed by atoms with Gasteiger partial charge in [-0.05, 0) is 58.4 Å². The second kappa shape index (κ2) is 10.3. The Hall–Kier alpha value is -4.39. The minimum atomic E-state index is -0.540. The third-order valence-corrected chi connectivity index (χ3v) is 5.85. The summed E-state index contributed by atoms with van der Waals surface area (Å²) in [4.78, 5) is 27.4. The lowest BCUT2D eigenvalue weighted by molar-refractivity contribution is 0.00906. The lowest BCUT2D eigenvalue weighted by Gasteiger charge is -2.38. The van der Waals surface area contributed by atoms with E-state index in [0.717, 1.165) is 17.0 Å². The molecule has 10 nitrogen and oxygen atoms in total. The summed E-state index contributed by atoms with van der Waals surface area (Å²) >= 11 is 0. The summed E-state index contributed by atoms with van der Waals surface area (Å²) < 4.78 is 13.3. The van der Waals surface area contributed by atoms with Gasteiger partial charge in [-0.15, -0.1) is 0 Å². The Morgan fingerprint density at radius 1 is 1.30 bits per heavy atom. The highest BCUT2D eigenvalue weighted by atomic mass is 16.6. The highest BCUT2D eigenvalue weighted by molar-refractivity contribution is 6.22. The normalized spacial score (nSPS) is 15.7. The number of ether oxygens (including phenoxy) is 2. The zero-order valence-electron chi connectivity index (χ0n) is 21.7. The number of aliphatic imine (C=N–C) groups is 1. The van der Waals surface area contributed by atoms with E-state index >= 15 is 0 Å². The lowest BCUT2D eigenvalue weighted by atomic mass is 10.0. The minimum Gasteiger partial charge on any atom is -0.469 e. The number of carbonyl (C=O) groups excluding carboxylic acids is 1. The highest BCUT2D eigenvalue weighted by Gasteiger charge is 2.33. The van der Waals surface area contributed by atoms with Crippen LogP contribution in [0.5, 0.6) is 5.88 Å². The van der Waals surface area contributed by atoms with E-state index in [4.69, 9.17) is 20.2 Å². The van der Waals surface area contributed by atoms with Crippen LogP contribution in [0.1, 0.15) is 57.7 Å². The van der Waals surface area contributed by atoms with E-state index in [-0.39, 0.29) is 18.2 Å². The van der Waals surface area contributed by atoms with Crippen LogP contribution in [0.15, 0.2) is 53.9 Å². The van der Waals surface area contributed by atoms with Crippen LogP contribution in [-0.2, 0) is 4.74 Å². The van der Waals surface area contributed by atoms with Gasteiger partial charge >= 0.3 is 6.09 Å². The summed E-state index contributed by atoms with van der Waals surface area (Å²) in [5, 5.41) is 9.60. The number of nitrogens with two attached hydrogens (primary N) is 1. The quantitative estimate of drug-likeness (QED) is 0.503. The average molecular weight is 502 g/mol. The van der Waals surface area contributed by atoms with E-state index in [1.807, 2.05) is 65.0 Å². The Bertz CT molecular complexity index is 1390. The van der Waals surface area contributed by atoms with Crippen LogP contribution in [0.4, 0.5) is 4.79 Å². The van der Waals surface area contributed by atoms with Crippen molar-refractivity contribution in [3.8, 4) is 11.9 Å². The molecule has 0 radical (unpaired) electrons. The zero-order chi connectivity index (χ0) is 26.7. The van der Waals surface area contributed by atoms with Gasteiger partial charge in [0.15, 0.2) is 0 Å². The van der Waals surface area contributed by atoms with Crippen LogP contribution in [0.3, 0.4) is 0 Å². The first-order valence-corrected chi connectivity index (χ1v) is 12.0. The van der Waals surface area contributed by atoms with E-state index in [1.165, 1.54) is 12.4 Å². The summed E-state index contributed by atoms with van der Waals surface area (Å²) in [6.07, 6.45) is 3.99. The molecule has 2 N–H and O–H groups in total. The molecule has 0 aliphatic carbocycles. The molecule has 1 unspecified atom stereocenters. The van der Waals surface area contributed by atoms with E-state index in [9.17, 15) is 10.1 Å². The van der Waals surface area contributed by atoms with Gasteiger partial charge in [-0.25, -0.2) is 9.78 Å². The van der Waals surface area contributed by atoms with Crippen molar-refractivity contribution in [1.29, 1.82) is 5.26 Å². The monoisotopic (exact) mass is 501 g/mol. The summed E-state index contributed by atoms with van der Waals surface area (Å²) in [6, 6.07) is 11.4. The second-order valence-electron chi connectivity index (χ2n) is 9.88. The molecular formula is C27H31N7O3. The van der Waals surface area contributed by atoms with Gasteiger partial charge in [-0.1, -0.05) is 6.07 Å². The Labute approximate surface area is 216 Å². The van der Waals surface area contributed by atoms with Gasteiger partial charge in [0.1, 0.15) is 29.1 Å². The number of likely N-dealkylation sites (tertiary alicyclic amines) is 1. The Balaban J connectivity index is 1.59. The molecule has 3 aromatic heterocycles. The molecule has 4 heterocycles. The number of fused-ring (bicyclic) bond motifs is 1. The molecule has 0 bridgehead atoms. The third kappa shape index (κ3) is 5.72. The van der Waals surface area contributed by atoms with E-state index < -0.39 is 5.60 Å². The molecule has 1 aliphatic heterocycles. The number of hydrogen-bond acceptors (Lipinski definition) is 8. The second-order valence-corrected chi connectivity index (χ2v) is 9.88. The van der Waals surface area contributed by atoms with Crippen molar-refractivity contribution in [2.45, 2.75) is 52.4 Å². The third-order valence-electron chi connectivity index (χ3n) is 5.85. The van der Waals surface area contributed by atoms with Gasteiger partial charge in [-0.3, -0.25) is 14.4 Å². The molecule has 4 rings (SSSR count). The molecule has 0 spiro atoms. The zero-order valence-corrected chi connectivity index (χ0v) is 21.7. The van der Waals surface area contributed by atoms with Crippen LogP contribution in [0.2, 0.25) is 0 Å². The predicted octanol–water partition coefficient (Wildman–Crippen LogP) is 4.12.